The Hall–Kier alpha value is -3.88. The molecule has 0 spiro atoms. The molecule has 4 heterocycles. The van der Waals surface area contributed by atoms with Gasteiger partial charge < -0.3 is 24.7 Å². The molecule has 1 atom stereocenters. The summed E-state index contributed by atoms with van der Waals surface area (Å²) in [6.45, 7) is 2.01. The second-order valence-electron chi connectivity index (χ2n) is 9.04. The van der Waals surface area contributed by atoms with Gasteiger partial charge in [-0.05, 0) is 54.6 Å². The van der Waals surface area contributed by atoms with Crippen LogP contribution in [0, 0.1) is 5.82 Å². The summed E-state index contributed by atoms with van der Waals surface area (Å²) in [7, 11) is 0. The first-order valence-electron chi connectivity index (χ1n) is 12.1. The zero-order valence-corrected chi connectivity index (χ0v) is 20.6. The summed E-state index contributed by atoms with van der Waals surface area (Å²) >= 11 is 5.98. The second kappa shape index (κ2) is 9.88. The van der Waals surface area contributed by atoms with E-state index >= 15 is 4.39 Å². The van der Waals surface area contributed by atoms with Crippen molar-refractivity contribution in [3.05, 3.63) is 111 Å². The fourth-order valence-corrected chi connectivity index (χ4v) is 5.03. The molecule has 2 aliphatic heterocycles. The van der Waals surface area contributed by atoms with Crippen LogP contribution >= 0.6 is 11.6 Å². The van der Waals surface area contributed by atoms with Crippen LogP contribution in [-0.2, 0) is 17.7 Å². The Morgan fingerprint density at radius 2 is 2.08 bits per heavy atom. The largest absolute Gasteiger partial charge is 0.456 e. The van der Waals surface area contributed by atoms with Crippen LogP contribution in [0.1, 0.15) is 28.5 Å². The second-order valence-corrected chi connectivity index (χ2v) is 9.43. The molecule has 0 aliphatic carbocycles. The molecule has 7 nitrogen and oxygen atoms in total. The molecule has 2 N–H and O–H groups in total. The highest BCUT2D eigenvalue weighted by Gasteiger charge is 2.31. The van der Waals surface area contributed by atoms with Gasteiger partial charge in [0, 0.05) is 48.1 Å². The SMILES string of the molecule is O=c1[nH]cccc1N1CCOC(c2ccc(F)c3c2Oc2ccc(NCc4cccc(Cl)n4)cc2C3)C1. The van der Waals surface area contributed by atoms with Gasteiger partial charge in [0.1, 0.15) is 34.3 Å². The molecule has 0 bridgehead atoms. The Labute approximate surface area is 217 Å². The van der Waals surface area contributed by atoms with E-state index < -0.39 is 0 Å². The van der Waals surface area contributed by atoms with Gasteiger partial charge >= 0.3 is 0 Å². The highest BCUT2D eigenvalue weighted by molar-refractivity contribution is 6.29. The molecule has 1 saturated heterocycles. The first kappa shape index (κ1) is 23.5. The Kier molecular flexibility index (Phi) is 6.28. The van der Waals surface area contributed by atoms with E-state index in [4.69, 9.17) is 21.1 Å². The maximum absolute atomic E-state index is 15.0. The molecule has 4 aromatic rings. The van der Waals surface area contributed by atoms with E-state index in [0.717, 1.165) is 22.5 Å². The van der Waals surface area contributed by atoms with E-state index in [1.807, 2.05) is 35.2 Å². The van der Waals surface area contributed by atoms with Gasteiger partial charge in [0.15, 0.2) is 0 Å². The number of rotatable bonds is 5. The fourth-order valence-electron chi connectivity index (χ4n) is 4.85. The molecule has 2 aliphatic rings. The normalized spacial score (nSPS) is 16.5. The average molecular weight is 519 g/mol. The van der Waals surface area contributed by atoms with Gasteiger partial charge in [-0.25, -0.2) is 9.37 Å². The average Bonchev–Trinajstić information content (AvgIpc) is 2.92. The van der Waals surface area contributed by atoms with E-state index in [-0.39, 0.29) is 17.5 Å². The number of morpholine rings is 1. The zero-order chi connectivity index (χ0) is 25.4. The summed E-state index contributed by atoms with van der Waals surface area (Å²) in [5.41, 5.74) is 4.29. The van der Waals surface area contributed by atoms with Crippen LogP contribution in [0.15, 0.2) is 71.7 Å². The number of ether oxygens (including phenoxy) is 2. The molecule has 1 unspecified atom stereocenters. The van der Waals surface area contributed by atoms with E-state index in [0.29, 0.717) is 60.6 Å². The first-order valence-corrected chi connectivity index (χ1v) is 12.4. The van der Waals surface area contributed by atoms with Crippen LogP contribution in [0.2, 0.25) is 5.15 Å². The van der Waals surface area contributed by atoms with Crippen LogP contribution in [0.3, 0.4) is 0 Å². The first-order chi connectivity index (χ1) is 18.0. The van der Waals surface area contributed by atoms with Crippen molar-refractivity contribution in [2.45, 2.75) is 19.1 Å². The Morgan fingerprint density at radius 1 is 1.16 bits per heavy atom. The molecule has 2 aromatic carbocycles. The molecule has 0 saturated carbocycles. The lowest BCUT2D eigenvalue weighted by Crippen LogP contribution is -2.41. The fraction of sp³-hybridized carbons (Fsp3) is 0.214. The number of nitrogens with one attached hydrogen (secondary N) is 2. The summed E-state index contributed by atoms with van der Waals surface area (Å²) < 4.78 is 27.3. The van der Waals surface area contributed by atoms with Gasteiger partial charge in [-0.1, -0.05) is 17.7 Å². The van der Waals surface area contributed by atoms with E-state index in [2.05, 4.69) is 15.3 Å². The van der Waals surface area contributed by atoms with Crippen LogP contribution in [0.4, 0.5) is 15.8 Å². The van der Waals surface area contributed by atoms with Crippen molar-refractivity contribution in [1.82, 2.24) is 9.97 Å². The molecule has 9 heteroatoms. The van der Waals surface area contributed by atoms with Crippen LogP contribution in [-0.4, -0.2) is 29.7 Å². The molecule has 2 aromatic heterocycles. The predicted octanol–water partition coefficient (Wildman–Crippen LogP) is 5.45. The number of aromatic nitrogens is 2. The highest BCUT2D eigenvalue weighted by Crippen LogP contribution is 2.44. The third kappa shape index (κ3) is 4.77. The van der Waals surface area contributed by atoms with Gasteiger partial charge in [0.25, 0.3) is 5.56 Å². The van der Waals surface area contributed by atoms with Gasteiger partial charge in [0.2, 0.25) is 0 Å². The zero-order valence-electron chi connectivity index (χ0n) is 19.8. The number of fused-ring (bicyclic) bond motifs is 2. The van der Waals surface area contributed by atoms with Crippen molar-refractivity contribution in [3.8, 4) is 11.5 Å². The number of benzene rings is 2. The number of H-pyrrole nitrogens is 1. The maximum Gasteiger partial charge on any atom is 0.271 e. The molecule has 0 radical (unpaired) electrons. The summed E-state index contributed by atoms with van der Waals surface area (Å²) in [6, 6.07) is 18.1. The minimum atomic E-state index is -0.365. The van der Waals surface area contributed by atoms with Crippen molar-refractivity contribution >= 4 is 23.0 Å². The molecule has 188 valence electrons. The summed E-state index contributed by atoms with van der Waals surface area (Å²) in [6.07, 6.45) is 1.64. The molecular weight excluding hydrogens is 495 g/mol. The minimum Gasteiger partial charge on any atom is -0.456 e. The lowest BCUT2D eigenvalue weighted by atomic mass is 9.94. The van der Waals surface area contributed by atoms with E-state index in [1.165, 1.54) is 6.07 Å². The molecule has 0 amide bonds. The number of anilines is 2. The smallest absolute Gasteiger partial charge is 0.271 e. The van der Waals surface area contributed by atoms with Crippen molar-refractivity contribution < 1.29 is 13.9 Å². The van der Waals surface area contributed by atoms with Crippen LogP contribution in [0.5, 0.6) is 11.5 Å². The van der Waals surface area contributed by atoms with Crippen molar-refractivity contribution in [2.24, 2.45) is 0 Å². The Balaban J connectivity index is 1.24. The van der Waals surface area contributed by atoms with Crippen molar-refractivity contribution in [3.63, 3.8) is 0 Å². The number of hydrogen-bond acceptors (Lipinski definition) is 6. The van der Waals surface area contributed by atoms with Crippen molar-refractivity contribution in [1.29, 1.82) is 0 Å². The third-order valence-corrected chi connectivity index (χ3v) is 6.88. The third-order valence-electron chi connectivity index (χ3n) is 6.67. The number of pyridine rings is 2. The maximum atomic E-state index is 15.0. The quantitative estimate of drug-likeness (QED) is 0.301. The van der Waals surface area contributed by atoms with Crippen LogP contribution in [0.25, 0.3) is 0 Å². The Morgan fingerprint density at radius 3 is 2.95 bits per heavy atom. The van der Waals surface area contributed by atoms with Crippen LogP contribution < -0.4 is 20.5 Å². The number of hydrogen-bond donors (Lipinski definition) is 2. The topological polar surface area (TPSA) is 79.5 Å². The molecular formula is C28H24ClFN4O3. The monoisotopic (exact) mass is 518 g/mol. The van der Waals surface area contributed by atoms with Gasteiger partial charge in [-0.2, -0.15) is 0 Å². The van der Waals surface area contributed by atoms with Gasteiger partial charge in [-0.15, -0.1) is 0 Å². The summed E-state index contributed by atoms with van der Waals surface area (Å²) in [4.78, 5) is 21.3. The van der Waals surface area contributed by atoms with E-state index in [9.17, 15) is 4.79 Å². The Bertz CT molecular complexity index is 1530. The lowest BCUT2D eigenvalue weighted by molar-refractivity contribution is 0.0382. The summed E-state index contributed by atoms with van der Waals surface area (Å²) in [5.74, 6) is 0.848. The molecule has 37 heavy (non-hydrogen) atoms. The number of aromatic amines is 1. The predicted molar refractivity (Wildman–Crippen MR) is 140 cm³/mol. The van der Waals surface area contributed by atoms with Crippen molar-refractivity contribution in [2.75, 3.05) is 29.9 Å². The number of halogens is 2. The molecule has 1 fully saturated rings. The van der Waals surface area contributed by atoms with E-state index in [1.54, 1.807) is 30.5 Å². The highest BCUT2D eigenvalue weighted by atomic mass is 35.5. The lowest BCUT2D eigenvalue weighted by Gasteiger charge is -2.35. The standard InChI is InChI=1S/C28H24ClFN4O3/c29-26-5-1-3-19(33-26)15-32-18-6-9-24-17(13-18)14-21-22(30)8-7-20(27(21)37-24)25-16-34(11-12-36-25)23-4-2-10-31-28(23)35/h1-10,13,25,32H,11-12,14-16H2,(H,31,35). The minimum absolute atomic E-state index is 0.148. The summed E-state index contributed by atoms with van der Waals surface area (Å²) in [5, 5.41) is 3.79. The number of nitrogens with zero attached hydrogens (tertiary/aromatic N) is 2. The van der Waals surface area contributed by atoms with Gasteiger partial charge in [-0.3, -0.25) is 4.79 Å². The van der Waals surface area contributed by atoms with Gasteiger partial charge in [0.05, 0.1) is 18.8 Å². The molecule has 6 rings (SSSR count).